The van der Waals surface area contributed by atoms with Crippen LogP contribution < -0.4 is 10.2 Å². The molecule has 1 aliphatic rings. The van der Waals surface area contributed by atoms with Crippen LogP contribution in [0.25, 0.3) is 0 Å². The largest absolute Gasteiger partial charge is 0.348 e. The van der Waals surface area contributed by atoms with Crippen LogP contribution in [0.3, 0.4) is 0 Å². The van der Waals surface area contributed by atoms with Crippen molar-refractivity contribution >= 4 is 17.4 Å². The maximum atomic E-state index is 12.5. The van der Waals surface area contributed by atoms with E-state index >= 15 is 0 Å². The average molecular weight is 357 g/mol. The molecule has 1 amide bonds. The molecule has 2 aromatic carbocycles. The lowest BCUT2D eigenvalue weighted by Gasteiger charge is -2.23. The van der Waals surface area contributed by atoms with Crippen LogP contribution in [-0.4, -0.2) is 16.9 Å². The van der Waals surface area contributed by atoms with Gasteiger partial charge in [0.2, 0.25) is 0 Å². The lowest BCUT2D eigenvalue weighted by molar-refractivity contribution is 0.0950. The first kappa shape index (κ1) is 17.3. The molecular formula is C23H23N3O. The molecule has 1 N–H and O–H groups in total. The average Bonchev–Trinajstić information content (AvgIpc) is 3.03. The van der Waals surface area contributed by atoms with Crippen molar-refractivity contribution in [2.24, 2.45) is 0 Å². The third-order valence-corrected chi connectivity index (χ3v) is 5.16. The number of carbonyl (C=O) groups excluding carboxylic acids is 1. The molecule has 0 spiro atoms. The molecule has 1 aromatic heterocycles. The molecule has 4 heteroatoms. The van der Waals surface area contributed by atoms with E-state index in [1.54, 1.807) is 6.20 Å². The Morgan fingerprint density at radius 3 is 2.67 bits per heavy atom. The molecule has 4 rings (SSSR count). The van der Waals surface area contributed by atoms with Gasteiger partial charge in [-0.05, 0) is 55.2 Å². The summed E-state index contributed by atoms with van der Waals surface area (Å²) in [5, 5.41) is 2.98. The number of aromatic nitrogens is 1. The molecule has 0 aliphatic carbocycles. The van der Waals surface area contributed by atoms with Gasteiger partial charge in [0.1, 0.15) is 5.82 Å². The van der Waals surface area contributed by atoms with Gasteiger partial charge in [-0.15, -0.1) is 0 Å². The van der Waals surface area contributed by atoms with Crippen molar-refractivity contribution in [3.63, 3.8) is 0 Å². The third kappa shape index (κ3) is 3.43. The number of rotatable bonds is 4. The Morgan fingerprint density at radius 1 is 1.11 bits per heavy atom. The normalized spacial score (nSPS) is 15.5. The molecule has 2 heterocycles. The highest BCUT2D eigenvalue weighted by Crippen LogP contribution is 2.36. The van der Waals surface area contributed by atoms with Crippen molar-refractivity contribution in [2.45, 2.75) is 32.9 Å². The molecule has 0 radical (unpaired) electrons. The zero-order chi connectivity index (χ0) is 18.8. The van der Waals surface area contributed by atoms with Crippen LogP contribution in [0, 0.1) is 6.92 Å². The fourth-order valence-corrected chi connectivity index (χ4v) is 3.66. The van der Waals surface area contributed by atoms with Crippen molar-refractivity contribution in [1.82, 2.24) is 10.3 Å². The summed E-state index contributed by atoms with van der Waals surface area (Å²) in [6, 6.07) is 20.6. The van der Waals surface area contributed by atoms with Gasteiger partial charge in [-0.2, -0.15) is 0 Å². The van der Waals surface area contributed by atoms with E-state index in [1.807, 2.05) is 43.3 Å². The van der Waals surface area contributed by atoms with E-state index in [1.165, 1.54) is 16.8 Å². The van der Waals surface area contributed by atoms with Crippen LogP contribution in [0.2, 0.25) is 0 Å². The lowest BCUT2D eigenvalue weighted by Crippen LogP contribution is -2.26. The Hall–Kier alpha value is -3.14. The second kappa shape index (κ2) is 7.23. The van der Waals surface area contributed by atoms with Crippen LogP contribution >= 0.6 is 0 Å². The Balaban J connectivity index is 1.48. The van der Waals surface area contributed by atoms with Gasteiger partial charge in [-0.3, -0.25) is 4.79 Å². The second-order valence-corrected chi connectivity index (χ2v) is 7.07. The van der Waals surface area contributed by atoms with Crippen LogP contribution in [0.15, 0.2) is 66.9 Å². The highest BCUT2D eigenvalue weighted by Gasteiger charge is 2.27. The van der Waals surface area contributed by atoms with Crippen LogP contribution in [-0.2, 0) is 13.0 Å². The van der Waals surface area contributed by atoms with Gasteiger partial charge in [0.05, 0.1) is 5.56 Å². The topological polar surface area (TPSA) is 45.2 Å². The quantitative estimate of drug-likeness (QED) is 0.753. The monoisotopic (exact) mass is 357 g/mol. The van der Waals surface area contributed by atoms with Crippen LogP contribution in [0.1, 0.15) is 34.0 Å². The zero-order valence-corrected chi connectivity index (χ0v) is 15.6. The number of amides is 1. The summed E-state index contributed by atoms with van der Waals surface area (Å²) in [7, 11) is 0. The smallest absolute Gasteiger partial charge is 0.253 e. The number of nitrogens with one attached hydrogen (secondary N) is 1. The van der Waals surface area contributed by atoms with E-state index in [0.717, 1.165) is 17.8 Å². The Kier molecular flexibility index (Phi) is 4.63. The summed E-state index contributed by atoms with van der Waals surface area (Å²) in [5.41, 5.74) is 5.42. The number of pyridine rings is 1. The van der Waals surface area contributed by atoms with Crippen molar-refractivity contribution in [3.8, 4) is 0 Å². The highest BCUT2D eigenvalue weighted by molar-refractivity contribution is 5.94. The van der Waals surface area contributed by atoms with Crippen molar-refractivity contribution in [3.05, 3.63) is 89.1 Å². The van der Waals surface area contributed by atoms with Crippen LogP contribution in [0.5, 0.6) is 0 Å². The van der Waals surface area contributed by atoms with Gasteiger partial charge in [0.25, 0.3) is 5.91 Å². The van der Waals surface area contributed by atoms with Crippen molar-refractivity contribution < 1.29 is 4.79 Å². The Bertz CT molecular complexity index is 965. The third-order valence-electron chi connectivity index (χ3n) is 5.16. The Morgan fingerprint density at radius 2 is 1.89 bits per heavy atom. The maximum Gasteiger partial charge on any atom is 0.253 e. The summed E-state index contributed by atoms with van der Waals surface area (Å²) in [4.78, 5) is 19.3. The minimum Gasteiger partial charge on any atom is -0.348 e. The van der Waals surface area contributed by atoms with Gasteiger partial charge in [-0.1, -0.05) is 42.5 Å². The van der Waals surface area contributed by atoms with E-state index in [9.17, 15) is 4.79 Å². The molecule has 4 nitrogen and oxygen atoms in total. The molecule has 1 atom stereocenters. The molecule has 1 aliphatic heterocycles. The van der Waals surface area contributed by atoms with Gasteiger partial charge in [-0.25, -0.2) is 4.98 Å². The van der Waals surface area contributed by atoms with Gasteiger partial charge >= 0.3 is 0 Å². The predicted octanol–water partition coefficient (Wildman–Crippen LogP) is 4.40. The first-order chi connectivity index (χ1) is 13.1. The van der Waals surface area contributed by atoms with Gasteiger partial charge < -0.3 is 10.2 Å². The molecule has 27 heavy (non-hydrogen) atoms. The number of nitrogens with zero attached hydrogens (tertiary/aromatic N) is 2. The number of hydrogen-bond donors (Lipinski definition) is 1. The first-order valence-electron chi connectivity index (χ1n) is 9.29. The molecule has 0 bridgehead atoms. The SMILES string of the molecule is Cc1ccccc1CNC(=O)c1ccc(N2c3ccccc3CC2C)nc1. The van der Waals surface area contributed by atoms with E-state index < -0.39 is 0 Å². The number of anilines is 2. The Labute approximate surface area is 159 Å². The van der Waals surface area contributed by atoms with Gasteiger partial charge in [0.15, 0.2) is 0 Å². The number of hydrogen-bond acceptors (Lipinski definition) is 3. The molecule has 0 saturated heterocycles. The van der Waals surface area contributed by atoms with Gasteiger partial charge in [0, 0.05) is 24.5 Å². The number of carbonyl (C=O) groups is 1. The van der Waals surface area contributed by atoms with Crippen LogP contribution in [0.4, 0.5) is 11.5 Å². The minimum atomic E-state index is -0.104. The molecule has 0 fully saturated rings. The first-order valence-corrected chi connectivity index (χ1v) is 9.29. The van der Waals surface area contributed by atoms with E-state index in [4.69, 9.17) is 0 Å². The number of fused-ring (bicyclic) bond motifs is 1. The van der Waals surface area contributed by atoms with Crippen molar-refractivity contribution in [1.29, 1.82) is 0 Å². The summed E-state index contributed by atoms with van der Waals surface area (Å²) in [6.07, 6.45) is 2.67. The summed E-state index contributed by atoms with van der Waals surface area (Å²) in [6.45, 7) is 4.77. The molecule has 1 unspecified atom stereocenters. The summed E-state index contributed by atoms with van der Waals surface area (Å²) >= 11 is 0. The van der Waals surface area contributed by atoms with Crippen molar-refractivity contribution in [2.75, 3.05) is 4.90 Å². The number of para-hydroxylation sites is 1. The molecule has 0 saturated carbocycles. The maximum absolute atomic E-state index is 12.5. The summed E-state index contributed by atoms with van der Waals surface area (Å²) in [5.74, 6) is 0.773. The molecular weight excluding hydrogens is 334 g/mol. The molecule has 136 valence electrons. The predicted molar refractivity (Wildman–Crippen MR) is 108 cm³/mol. The second-order valence-electron chi connectivity index (χ2n) is 7.07. The minimum absolute atomic E-state index is 0.104. The van der Waals surface area contributed by atoms with E-state index in [0.29, 0.717) is 18.2 Å². The standard InChI is InChI=1S/C23H23N3O/c1-16-7-3-4-9-19(16)14-25-23(27)20-11-12-22(24-15-20)26-17(2)13-18-8-5-6-10-21(18)26/h3-12,15,17H,13-14H2,1-2H3,(H,25,27). The van der Waals surface area contributed by atoms with E-state index in [2.05, 4.69) is 46.4 Å². The summed E-state index contributed by atoms with van der Waals surface area (Å²) < 4.78 is 0. The number of aryl methyl sites for hydroxylation is 1. The molecule has 3 aromatic rings. The highest BCUT2D eigenvalue weighted by atomic mass is 16.1. The fraction of sp³-hybridized carbons (Fsp3) is 0.217. The lowest BCUT2D eigenvalue weighted by atomic mass is 10.1. The van der Waals surface area contributed by atoms with E-state index in [-0.39, 0.29) is 5.91 Å². The fourth-order valence-electron chi connectivity index (χ4n) is 3.66. The zero-order valence-electron chi connectivity index (χ0n) is 15.6. The number of benzene rings is 2.